The molecule has 0 radical (unpaired) electrons. The number of piperazine rings is 1. The number of amides is 1. The Morgan fingerprint density at radius 3 is 2.79 bits per heavy atom. The van der Waals surface area contributed by atoms with Crippen LogP contribution in [0.3, 0.4) is 0 Å². The van der Waals surface area contributed by atoms with Crippen molar-refractivity contribution in [3.05, 3.63) is 51.2 Å². The van der Waals surface area contributed by atoms with Crippen molar-refractivity contribution >= 4 is 34.9 Å². The van der Waals surface area contributed by atoms with E-state index in [4.69, 9.17) is 21.1 Å². The van der Waals surface area contributed by atoms with Crippen molar-refractivity contribution < 1.29 is 19.2 Å². The van der Waals surface area contributed by atoms with Gasteiger partial charge in [-0.25, -0.2) is 0 Å². The number of nitrogens with one attached hydrogen (secondary N) is 1. The molecule has 0 unspecified atom stereocenters. The van der Waals surface area contributed by atoms with Gasteiger partial charge < -0.3 is 19.3 Å². The van der Waals surface area contributed by atoms with Crippen molar-refractivity contribution in [1.82, 2.24) is 4.90 Å². The number of thiophene rings is 1. The van der Waals surface area contributed by atoms with Gasteiger partial charge in [-0.3, -0.25) is 4.79 Å². The van der Waals surface area contributed by atoms with Gasteiger partial charge in [0.05, 0.1) is 44.9 Å². The third kappa shape index (κ3) is 5.28. The third-order valence-corrected chi connectivity index (χ3v) is 5.78. The highest BCUT2D eigenvalue weighted by atomic mass is 35.5. The van der Waals surface area contributed by atoms with Crippen LogP contribution in [0.2, 0.25) is 5.02 Å². The minimum atomic E-state index is 0.0273. The van der Waals surface area contributed by atoms with Gasteiger partial charge in [0.1, 0.15) is 6.54 Å². The van der Waals surface area contributed by atoms with Crippen LogP contribution in [0, 0.1) is 0 Å². The average Bonchev–Trinajstić information content (AvgIpc) is 3.20. The number of quaternary nitrogens is 1. The number of benzene rings is 1. The number of nitrogens with zero attached hydrogens (tertiary/aromatic N) is 1. The second kappa shape index (κ2) is 9.96. The molecule has 0 spiro atoms. The zero-order valence-corrected chi connectivity index (χ0v) is 17.8. The van der Waals surface area contributed by atoms with E-state index in [0.717, 1.165) is 38.3 Å². The summed E-state index contributed by atoms with van der Waals surface area (Å²) in [6, 6.07) is 5.78. The van der Waals surface area contributed by atoms with Gasteiger partial charge in [-0.1, -0.05) is 11.6 Å². The van der Waals surface area contributed by atoms with E-state index < -0.39 is 0 Å². The molecule has 0 aliphatic carbocycles. The van der Waals surface area contributed by atoms with E-state index in [-0.39, 0.29) is 5.91 Å². The largest absolute Gasteiger partial charge is 0.491 e. The first-order valence-corrected chi connectivity index (χ1v) is 10.7. The van der Waals surface area contributed by atoms with E-state index in [1.54, 1.807) is 36.7 Å². The van der Waals surface area contributed by atoms with Gasteiger partial charge in [0.25, 0.3) is 0 Å². The summed E-state index contributed by atoms with van der Waals surface area (Å²) < 4.78 is 10.9. The molecule has 1 fully saturated rings. The van der Waals surface area contributed by atoms with Crippen molar-refractivity contribution in [3.8, 4) is 11.5 Å². The molecule has 0 atom stereocenters. The fourth-order valence-corrected chi connectivity index (χ4v) is 4.29. The molecule has 1 aliphatic rings. The summed E-state index contributed by atoms with van der Waals surface area (Å²) in [5.41, 5.74) is 2.19. The molecule has 2 aromatic rings. The van der Waals surface area contributed by atoms with Crippen LogP contribution in [0.25, 0.3) is 6.08 Å². The molecule has 2 heterocycles. The fraction of sp³-hybridized carbons (Fsp3) is 0.381. The second-order valence-corrected chi connectivity index (χ2v) is 7.87. The van der Waals surface area contributed by atoms with Crippen LogP contribution in [-0.2, 0) is 11.3 Å². The standard InChI is InChI=1S/C21H25ClN2O3S/c1-3-27-19-13-16(12-18(22)21(19)26-2)4-5-20(25)24-9-7-23(8-10-24)14-17-6-11-28-15-17/h4-6,11-13,15H,3,7-10,14H2,1-2H3/p+1/b5-4+. The maximum absolute atomic E-state index is 12.6. The lowest BCUT2D eigenvalue weighted by Crippen LogP contribution is -3.13. The van der Waals surface area contributed by atoms with E-state index in [0.29, 0.717) is 23.1 Å². The molecule has 0 saturated carbocycles. The summed E-state index contributed by atoms with van der Waals surface area (Å²) in [5.74, 6) is 1.12. The number of rotatable bonds is 7. The summed E-state index contributed by atoms with van der Waals surface area (Å²) in [5, 5.41) is 4.78. The number of halogens is 1. The maximum atomic E-state index is 12.6. The molecule has 1 amide bonds. The molecule has 1 aliphatic heterocycles. The topological polar surface area (TPSA) is 43.2 Å². The Balaban J connectivity index is 1.58. The monoisotopic (exact) mass is 421 g/mol. The smallest absolute Gasteiger partial charge is 0.246 e. The van der Waals surface area contributed by atoms with Gasteiger partial charge in [0.2, 0.25) is 5.91 Å². The third-order valence-electron chi connectivity index (χ3n) is 4.77. The van der Waals surface area contributed by atoms with Crippen LogP contribution in [-0.4, -0.2) is 50.7 Å². The zero-order valence-electron chi connectivity index (χ0n) is 16.2. The van der Waals surface area contributed by atoms with Crippen molar-refractivity contribution in [3.63, 3.8) is 0 Å². The lowest BCUT2D eigenvalue weighted by Gasteiger charge is -2.31. The molecule has 1 saturated heterocycles. The van der Waals surface area contributed by atoms with Gasteiger partial charge in [0.15, 0.2) is 11.5 Å². The molecule has 0 bridgehead atoms. The molecule has 1 N–H and O–H groups in total. The highest BCUT2D eigenvalue weighted by molar-refractivity contribution is 7.07. The van der Waals surface area contributed by atoms with Crippen molar-refractivity contribution in [1.29, 1.82) is 0 Å². The highest BCUT2D eigenvalue weighted by Crippen LogP contribution is 2.36. The molecule has 3 rings (SSSR count). The molecule has 7 heteroatoms. The van der Waals surface area contributed by atoms with Crippen molar-refractivity contribution in [2.45, 2.75) is 13.5 Å². The van der Waals surface area contributed by atoms with Gasteiger partial charge in [-0.2, -0.15) is 11.3 Å². The summed E-state index contributed by atoms with van der Waals surface area (Å²) >= 11 is 8.00. The fourth-order valence-electron chi connectivity index (χ4n) is 3.32. The predicted octanol–water partition coefficient (Wildman–Crippen LogP) is 2.75. The maximum Gasteiger partial charge on any atom is 0.246 e. The normalized spacial score (nSPS) is 15.2. The van der Waals surface area contributed by atoms with E-state index in [1.807, 2.05) is 17.9 Å². The van der Waals surface area contributed by atoms with E-state index in [9.17, 15) is 4.79 Å². The van der Waals surface area contributed by atoms with Crippen LogP contribution in [0.1, 0.15) is 18.1 Å². The molecular weight excluding hydrogens is 396 g/mol. The van der Waals surface area contributed by atoms with Crippen LogP contribution >= 0.6 is 22.9 Å². The number of hydrogen-bond acceptors (Lipinski definition) is 4. The lowest BCUT2D eigenvalue weighted by molar-refractivity contribution is -0.917. The molecule has 5 nitrogen and oxygen atoms in total. The number of hydrogen-bond donors (Lipinski definition) is 1. The average molecular weight is 422 g/mol. The minimum absolute atomic E-state index is 0.0273. The lowest BCUT2D eigenvalue weighted by atomic mass is 10.1. The van der Waals surface area contributed by atoms with Gasteiger partial charge in [0, 0.05) is 11.6 Å². The van der Waals surface area contributed by atoms with Crippen molar-refractivity contribution in [2.75, 3.05) is 39.9 Å². The van der Waals surface area contributed by atoms with Gasteiger partial charge >= 0.3 is 0 Å². The van der Waals surface area contributed by atoms with Crippen LogP contribution < -0.4 is 14.4 Å². The SMILES string of the molecule is CCOc1cc(/C=C/C(=O)N2CC[NH+](Cc3ccsc3)CC2)cc(Cl)c1OC. The quantitative estimate of drug-likeness (QED) is 0.699. The molecular formula is C21H26ClN2O3S+. The van der Waals surface area contributed by atoms with Gasteiger partial charge in [-0.05, 0) is 47.5 Å². The highest BCUT2D eigenvalue weighted by Gasteiger charge is 2.22. The molecule has 1 aromatic carbocycles. The minimum Gasteiger partial charge on any atom is -0.491 e. The number of carbonyl (C=O) groups is 1. The van der Waals surface area contributed by atoms with E-state index in [1.165, 1.54) is 10.5 Å². The zero-order chi connectivity index (χ0) is 19.9. The van der Waals surface area contributed by atoms with Crippen LogP contribution in [0.5, 0.6) is 11.5 Å². The molecule has 1 aromatic heterocycles. The second-order valence-electron chi connectivity index (χ2n) is 6.68. The number of methoxy groups -OCH3 is 1. The Bertz CT molecular complexity index is 815. The summed E-state index contributed by atoms with van der Waals surface area (Å²) in [6.45, 7) is 6.94. The summed E-state index contributed by atoms with van der Waals surface area (Å²) in [7, 11) is 1.56. The Labute approximate surface area is 175 Å². The first-order chi connectivity index (χ1) is 13.6. The van der Waals surface area contributed by atoms with E-state index >= 15 is 0 Å². The Hall–Kier alpha value is -2.02. The number of carbonyl (C=O) groups excluding carboxylic acids is 1. The first kappa shape index (κ1) is 20.7. The van der Waals surface area contributed by atoms with Gasteiger partial charge in [-0.15, -0.1) is 0 Å². The van der Waals surface area contributed by atoms with Crippen LogP contribution in [0.15, 0.2) is 35.0 Å². The molecule has 28 heavy (non-hydrogen) atoms. The molecule has 150 valence electrons. The Morgan fingerprint density at radius 2 is 2.14 bits per heavy atom. The Kier molecular flexibility index (Phi) is 7.36. The summed E-state index contributed by atoms with van der Waals surface area (Å²) in [4.78, 5) is 16.0. The van der Waals surface area contributed by atoms with Crippen molar-refractivity contribution in [2.24, 2.45) is 0 Å². The number of ether oxygens (including phenoxy) is 2. The van der Waals surface area contributed by atoms with E-state index in [2.05, 4.69) is 16.8 Å². The Morgan fingerprint density at radius 1 is 1.36 bits per heavy atom. The summed E-state index contributed by atoms with van der Waals surface area (Å²) in [6.07, 6.45) is 3.39. The van der Waals surface area contributed by atoms with Crippen LogP contribution in [0.4, 0.5) is 0 Å². The first-order valence-electron chi connectivity index (χ1n) is 9.42. The predicted molar refractivity (Wildman–Crippen MR) is 114 cm³/mol.